The molecule has 1 heterocycles. The second kappa shape index (κ2) is 5.74. The number of rotatable bonds is 5. The summed E-state index contributed by atoms with van der Waals surface area (Å²) in [6.07, 6.45) is 4.33. The molecule has 1 aromatic heterocycles. The first-order valence-corrected chi connectivity index (χ1v) is 5.25. The number of hydrogen-bond donors (Lipinski definition) is 2. The minimum Gasteiger partial charge on any atom is -0.370 e. The molecule has 0 saturated heterocycles. The van der Waals surface area contributed by atoms with Gasteiger partial charge in [-0.15, -0.1) is 0 Å². The number of aromatic nitrogens is 2. The molecular formula is C8H11IN4O. The second-order valence-electron chi connectivity index (χ2n) is 2.72. The third kappa shape index (κ3) is 3.86. The molecule has 0 radical (unpaired) electrons. The summed E-state index contributed by atoms with van der Waals surface area (Å²) >= 11 is 2.15. The third-order valence-corrected chi connectivity index (χ3v) is 2.35. The number of nitrogens with one attached hydrogen (secondary N) is 1. The Kier molecular flexibility index (Phi) is 4.57. The summed E-state index contributed by atoms with van der Waals surface area (Å²) in [5.41, 5.74) is 5.01. The normalized spacial score (nSPS) is 9.79. The molecule has 5 nitrogen and oxygen atoms in total. The van der Waals surface area contributed by atoms with E-state index in [0.717, 1.165) is 15.8 Å². The van der Waals surface area contributed by atoms with Crippen LogP contribution in [0.3, 0.4) is 0 Å². The van der Waals surface area contributed by atoms with Gasteiger partial charge in [-0.05, 0) is 29.0 Å². The molecule has 0 spiro atoms. The molecule has 1 aromatic rings. The van der Waals surface area contributed by atoms with Crippen molar-refractivity contribution in [3.8, 4) is 0 Å². The molecule has 1 rings (SSSR count). The zero-order chi connectivity index (χ0) is 10.4. The van der Waals surface area contributed by atoms with Crippen LogP contribution in [0.25, 0.3) is 0 Å². The molecule has 3 N–H and O–H groups in total. The number of primary amides is 1. The Bertz CT molecular complexity index is 318. The first-order valence-electron chi connectivity index (χ1n) is 4.18. The van der Waals surface area contributed by atoms with Crippen molar-refractivity contribution in [2.24, 2.45) is 5.73 Å². The highest BCUT2D eigenvalue weighted by atomic mass is 127. The number of halogens is 1. The highest BCUT2D eigenvalue weighted by Gasteiger charge is 1.99. The monoisotopic (exact) mass is 306 g/mol. The van der Waals surface area contributed by atoms with Crippen molar-refractivity contribution in [1.82, 2.24) is 9.97 Å². The molecule has 14 heavy (non-hydrogen) atoms. The van der Waals surface area contributed by atoms with E-state index >= 15 is 0 Å². The second-order valence-corrected chi connectivity index (χ2v) is 3.88. The van der Waals surface area contributed by atoms with E-state index in [1.54, 1.807) is 6.20 Å². The molecule has 0 aliphatic carbocycles. The fraction of sp³-hybridized carbons (Fsp3) is 0.375. The Labute approximate surface area is 95.6 Å². The van der Waals surface area contributed by atoms with Crippen LogP contribution < -0.4 is 11.1 Å². The lowest BCUT2D eigenvalue weighted by Gasteiger charge is -2.05. The summed E-state index contributed by atoms with van der Waals surface area (Å²) in [4.78, 5) is 18.4. The predicted octanol–water partition coefficient (Wildman–Crippen LogP) is 0.759. The van der Waals surface area contributed by atoms with Gasteiger partial charge in [0.1, 0.15) is 12.1 Å². The first-order chi connectivity index (χ1) is 6.70. The van der Waals surface area contributed by atoms with Crippen molar-refractivity contribution < 1.29 is 4.79 Å². The van der Waals surface area contributed by atoms with Crippen LogP contribution in [0.2, 0.25) is 0 Å². The Hall–Kier alpha value is -0.920. The number of amides is 1. The van der Waals surface area contributed by atoms with E-state index in [2.05, 4.69) is 37.9 Å². The van der Waals surface area contributed by atoms with Crippen molar-refractivity contribution in [2.45, 2.75) is 12.8 Å². The van der Waals surface area contributed by atoms with Gasteiger partial charge in [-0.1, -0.05) is 0 Å². The summed E-state index contributed by atoms with van der Waals surface area (Å²) < 4.78 is 0.962. The van der Waals surface area contributed by atoms with Gasteiger partial charge in [0.05, 0.1) is 3.57 Å². The highest BCUT2D eigenvalue weighted by molar-refractivity contribution is 14.1. The van der Waals surface area contributed by atoms with Crippen molar-refractivity contribution in [3.05, 3.63) is 16.1 Å². The molecule has 0 atom stereocenters. The van der Waals surface area contributed by atoms with Crippen LogP contribution in [0.4, 0.5) is 5.82 Å². The molecule has 6 heteroatoms. The molecule has 0 bridgehead atoms. The van der Waals surface area contributed by atoms with E-state index in [1.807, 2.05) is 0 Å². The summed E-state index contributed by atoms with van der Waals surface area (Å²) in [5, 5.41) is 3.10. The van der Waals surface area contributed by atoms with Crippen LogP contribution in [-0.2, 0) is 4.79 Å². The Morgan fingerprint density at radius 3 is 3.07 bits per heavy atom. The van der Waals surface area contributed by atoms with Gasteiger partial charge in [0.2, 0.25) is 5.91 Å². The van der Waals surface area contributed by atoms with Gasteiger partial charge in [0.25, 0.3) is 0 Å². The van der Waals surface area contributed by atoms with Gasteiger partial charge in [-0.25, -0.2) is 9.97 Å². The molecule has 0 aliphatic heterocycles. The smallest absolute Gasteiger partial charge is 0.217 e. The topological polar surface area (TPSA) is 80.9 Å². The fourth-order valence-electron chi connectivity index (χ4n) is 0.912. The zero-order valence-electron chi connectivity index (χ0n) is 7.53. The third-order valence-electron chi connectivity index (χ3n) is 1.56. The molecule has 0 fully saturated rings. The molecule has 0 aliphatic rings. The number of carbonyl (C=O) groups excluding carboxylic acids is 1. The first kappa shape index (κ1) is 11.2. The van der Waals surface area contributed by atoms with E-state index in [4.69, 9.17) is 5.73 Å². The summed E-state index contributed by atoms with van der Waals surface area (Å²) in [6.45, 7) is 0.690. The zero-order valence-corrected chi connectivity index (χ0v) is 9.69. The minimum absolute atomic E-state index is 0.274. The average Bonchev–Trinajstić information content (AvgIpc) is 2.15. The minimum atomic E-state index is -0.274. The lowest BCUT2D eigenvalue weighted by Crippen LogP contribution is -2.13. The van der Waals surface area contributed by atoms with Crippen LogP contribution >= 0.6 is 22.6 Å². The summed E-state index contributed by atoms with van der Waals surface area (Å²) in [5.74, 6) is 0.522. The molecule has 76 valence electrons. The lowest BCUT2D eigenvalue weighted by molar-refractivity contribution is -0.118. The Morgan fingerprint density at radius 2 is 2.43 bits per heavy atom. The van der Waals surface area contributed by atoms with Gasteiger partial charge in [0.15, 0.2) is 0 Å². The van der Waals surface area contributed by atoms with Crippen molar-refractivity contribution in [3.63, 3.8) is 0 Å². The van der Waals surface area contributed by atoms with Crippen LogP contribution in [0.1, 0.15) is 12.8 Å². The summed E-state index contributed by atoms with van der Waals surface area (Å²) in [6, 6.07) is 0. The van der Waals surface area contributed by atoms with Gasteiger partial charge in [0, 0.05) is 19.2 Å². The average molecular weight is 306 g/mol. The van der Waals surface area contributed by atoms with E-state index < -0.39 is 0 Å². The molecule has 1 amide bonds. The lowest BCUT2D eigenvalue weighted by atomic mass is 10.3. The molecule has 0 saturated carbocycles. The van der Waals surface area contributed by atoms with Crippen LogP contribution in [-0.4, -0.2) is 22.4 Å². The SMILES string of the molecule is NC(=O)CCCNc1ncncc1I. The Balaban J connectivity index is 2.31. The number of nitrogens with two attached hydrogens (primary N) is 1. The van der Waals surface area contributed by atoms with Crippen molar-refractivity contribution in [1.29, 1.82) is 0 Å². The Morgan fingerprint density at radius 1 is 1.64 bits per heavy atom. The van der Waals surface area contributed by atoms with E-state index in [1.165, 1.54) is 6.33 Å². The number of nitrogens with zero attached hydrogens (tertiary/aromatic N) is 2. The quantitative estimate of drug-likeness (QED) is 0.621. The van der Waals surface area contributed by atoms with Crippen molar-refractivity contribution in [2.75, 3.05) is 11.9 Å². The van der Waals surface area contributed by atoms with E-state index in [0.29, 0.717) is 13.0 Å². The van der Waals surface area contributed by atoms with Crippen LogP contribution in [0.5, 0.6) is 0 Å². The van der Waals surface area contributed by atoms with E-state index in [-0.39, 0.29) is 5.91 Å². The maximum absolute atomic E-state index is 10.4. The molecule has 0 unspecified atom stereocenters. The number of carbonyl (C=O) groups is 1. The van der Waals surface area contributed by atoms with Gasteiger partial charge in [-0.3, -0.25) is 4.79 Å². The van der Waals surface area contributed by atoms with Gasteiger partial charge in [-0.2, -0.15) is 0 Å². The standard InChI is InChI=1S/C8H11IN4O/c9-6-4-11-5-13-8(6)12-3-1-2-7(10)14/h4-5H,1-3H2,(H2,10,14)(H,11,12,13). The maximum atomic E-state index is 10.4. The largest absolute Gasteiger partial charge is 0.370 e. The predicted molar refractivity (Wildman–Crippen MR) is 61.7 cm³/mol. The fourth-order valence-corrected chi connectivity index (χ4v) is 1.40. The summed E-state index contributed by atoms with van der Waals surface area (Å²) in [7, 11) is 0. The van der Waals surface area contributed by atoms with E-state index in [9.17, 15) is 4.79 Å². The number of hydrogen-bond acceptors (Lipinski definition) is 4. The molecule has 0 aromatic carbocycles. The number of anilines is 1. The molecular weight excluding hydrogens is 295 g/mol. The highest BCUT2D eigenvalue weighted by Crippen LogP contribution is 2.11. The van der Waals surface area contributed by atoms with Crippen molar-refractivity contribution >= 4 is 34.3 Å². The van der Waals surface area contributed by atoms with Gasteiger partial charge >= 0.3 is 0 Å². The maximum Gasteiger partial charge on any atom is 0.217 e. The van der Waals surface area contributed by atoms with Gasteiger partial charge < -0.3 is 11.1 Å². The van der Waals surface area contributed by atoms with Crippen LogP contribution in [0, 0.1) is 3.57 Å². The van der Waals surface area contributed by atoms with Crippen LogP contribution in [0.15, 0.2) is 12.5 Å².